The van der Waals surface area contributed by atoms with Crippen molar-refractivity contribution < 1.29 is 14.6 Å². The van der Waals surface area contributed by atoms with E-state index in [1.54, 1.807) is 0 Å². The predicted octanol–water partition coefficient (Wildman–Crippen LogP) is 2.85. The van der Waals surface area contributed by atoms with E-state index in [9.17, 15) is 4.79 Å². The molecule has 1 atom stereocenters. The largest absolute Gasteiger partial charge is 0.394 e. The predicted molar refractivity (Wildman–Crippen MR) is 68.0 cm³/mol. The highest BCUT2D eigenvalue weighted by Gasteiger charge is 2.18. The molecule has 0 aromatic heterocycles. The van der Waals surface area contributed by atoms with Crippen LogP contribution in [0.4, 0.5) is 0 Å². The second kappa shape index (κ2) is 9.60. The van der Waals surface area contributed by atoms with E-state index in [2.05, 4.69) is 0 Å². The van der Waals surface area contributed by atoms with Crippen LogP contribution >= 0.6 is 0 Å². The summed E-state index contributed by atoms with van der Waals surface area (Å²) in [6.45, 7) is 0.292. The molecule has 100 valence electrons. The van der Waals surface area contributed by atoms with Crippen molar-refractivity contribution in [2.75, 3.05) is 13.2 Å². The van der Waals surface area contributed by atoms with Crippen LogP contribution in [0.25, 0.3) is 0 Å². The Morgan fingerprint density at radius 3 is 2.24 bits per heavy atom. The third-order valence-corrected chi connectivity index (χ3v) is 3.41. The maximum Gasteiger partial charge on any atom is 0.161 e. The lowest BCUT2D eigenvalue weighted by Gasteiger charge is -2.17. The Morgan fingerprint density at radius 2 is 1.59 bits per heavy atom. The average molecular weight is 242 g/mol. The van der Waals surface area contributed by atoms with Crippen molar-refractivity contribution in [3.8, 4) is 0 Å². The fourth-order valence-corrected chi connectivity index (χ4v) is 2.38. The first-order chi connectivity index (χ1) is 8.34. The minimum atomic E-state index is -0.262. The molecule has 3 nitrogen and oxygen atoms in total. The van der Waals surface area contributed by atoms with Crippen molar-refractivity contribution in [2.24, 2.45) is 0 Å². The van der Waals surface area contributed by atoms with Crippen LogP contribution in [0.3, 0.4) is 0 Å². The summed E-state index contributed by atoms with van der Waals surface area (Å²) in [5.41, 5.74) is 0. The molecule has 1 unspecified atom stereocenters. The van der Waals surface area contributed by atoms with Gasteiger partial charge in [-0.3, -0.25) is 4.79 Å². The minimum absolute atomic E-state index is 0.00375. The highest BCUT2D eigenvalue weighted by atomic mass is 16.5. The molecule has 0 spiro atoms. The lowest BCUT2D eigenvalue weighted by molar-refractivity contribution is -0.131. The van der Waals surface area contributed by atoms with Gasteiger partial charge in [-0.25, -0.2) is 0 Å². The Kier molecular flexibility index (Phi) is 8.28. The second-order valence-electron chi connectivity index (χ2n) is 4.92. The number of Topliss-reactive ketones (excluding diaryl/α,β-unsaturated/α-hetero) is 1. The number of hydrogen-bond donors (Lipinski definition) is 1. The quantitative estimate of drug-likeness (QED) is 0.827. The van der Waals surface area contributed by atoms with Crippen LogP contribution in [0.1, 0.15) is 64.2 Å². The molecule has 0 aromatic rings. The van der Waals surface area contributed by atoms with E-state index < -0.39 is 0 Å². The topological polar surface area (TPSA) is 46.5 Å². The third kappa shape index (κ3) is 6.79. The van der Waals surface area contributed by atoms with Crippen LogP contribution in [0.15, 0.2) is 0 Å². The first kappa shape index (κ1) is 14.7. The van der Waals surface area contributed by atoms with Gasteiger partial charge in [0.25, 0.3) is 0 Å². The molecule has 1 aliphatic carbocycles. The maximum atomic E-state index is 11.9. The van der Waals surface area contributed by atoms with Crippen LogP contribution < -0.4 is 0 Å². The van der Waals surface area contributed by atoms with Gasteiger partial charge in [-0.05, 0) is 12.8 Å². The highest BCUT2D eigenvalue weighted by Crippen LogP contribution is 2.16. The summed E-state index contributed by atoms with van der Waals surface area (Å²) in [4.78, 5) is 11.9. The van der Waals surface area contributed by atoms with Gasteiger partial charge in [0.1, 0.15) is 6.10 Å². The maximum absolute atomic E-state index is 11.9. The summed E-state index contributed by atoms with van der Waals surface area (Å²) in [7, 11) is 0. The number of aliphatic hydroxyl groups excluding tert-OH is 1. The molecule has 0 saturated heterocycles. The zero-order valence-electron chi connectivity index (χ0n) is 10.8. The monoisotopic (exact) mass is 242 g/mol. The van der Waals surface area contributed by atoms with Crippen molar-refractivity contribution >= 4 is 5.78 Å². The Morgan fingerprint density at radius 1 is 1.00 bits per heavy atom. The van der Waals surface area contributed by atoms with E-state index in [4.69, 9.17) is 9.84 Å². The van der Waals surface area contributed by atoms with Gasteiger partial charge in [-0.1, -0.05) is 44.9 Å². The van der Waals surface area contributed by atoms with E-state index in [1.807, 2.05) is 0 Å². The number of aliphatic hydroxyl groups is 1. The molecule has 1 saturated carbocycles. The molecule has 1 fully saturated rings. The zero-order chi connectivity index (χ0) is 12.3. The number of carbonyl (C=O) groups is 1. The fourth-order valence-electron chi connectivity index (χ4n) is 2.38. The van der Waals surface area contributed by atoms with Gasteiger partial charge in [0, 0.05) is 6.42 Å². The van der Waals surface area contributed by atoms with E-state index in [0.29, 0.717) is 6.42 Å². The number of rotatable bonds is 3. The molecule has 1 aliphatic rings. The molecule has 1 N–H and O–H groups in total. The van der Waals surface area contributed by atoms with E-state index >= 15 is 0 Å². The lowest BCUT2D eigenvalue weighted by atomic mass is 9.98. The average Bonchev–Trinajstić information content (AvgIpc) is 2.33. The highest BCUT2D eigenvalue weighted by molar-refractivity contribution is 5.83. The van der Waals surface area contributed by atoms with Crippen molar-refractivity contribution in [1.29, 1.82) is 0 Å². The van der Waals surface area contributed by atoms with Gasteiger partial charge in [-0.15, -0.1) is 0 Å². The molecule has 0 amide bonds. The van der Waals surface area contributed by atoms with E-state index in [-0.39, 0.29) is 25.1 Å². The molecule has 3 heteroatoms. The summed E-state index contributed by atoms with van der Waals surface area (Å²) in [5.74, 6) is 0.235. The van der Waals surface area contributed by atoms with Gasteiger partial charge < -0.3 is 9.84 Å². The first-order valence-electron chi connectivity index (χ1n) is 7.10. The van der Waals surface area contributed by atoms with Crippen molar-refractivity contribution in [3.05, 3.63) is 0 Å². The van der Waals surface area contributed by atoms with Crippen molar-refractivity contribution in [3.63, 3.8) is 0 Å². The van der Waals surface area contributed by atoms with Gasteiger partial charge in [-0.2, -0.15) is 0 Å². The molecule has 0 bridgehead atoms. The van der Waals surface area contributed by atoms with Gasteiger partial charge in [0.15, 0.2) is 5.78 Å². The molecular formula is C14H26O3. The number of ether oxygens (including phenoxy) is 1. The molecule has 1 rings (SSSR count). The van der Waals surface area contributed by atoms with Gasteiger partial charge >= 0.3 is 0 Å². The van der Waals surface area contributed by atoms with Gasteiger partial charge in [0.05, 0.1) is 13.2 Å². The Labute approximate surface area is 105 Å². The normalized spacial score (nSPS) is 25.0. The van der Waals surface area contributed by atoms with Crippen LogP contribution in [0.5, 0.6) is 0 Å². The van der Waals surface area contributed by atoms with Crippen LogP contribution in [-0.4, -0.2) is 30.2 Å². The number of ketones is 1. The third-order valence-electron chi connectivity index (χ3n) is 3.41. The van der Waals surface area contributed by atoms with E-state index in [0.717, 1.165) is 19.3 Å². The van der Waals surface area contributed by atoms with Crippen LogP contribution in [-0.2, 0) is 9.53 Å². The summed E-state index contributed by atoms with van der Waals surface area (Å²) in [6, 6.07) is 0. The summed E-state index contributed by atoms with van der Waals surface area (Å²) in [5, 5.41) is 8.76. The second-order valence-corrected chi connectivity index (χ2v) is 4.92. The summed E-state index contributed by atoms with van der Waals surface area (Å²) in [6.07, 6.45) is 10.8. The van der Waals surface area contributed by atoms with Crippen LogP contribution in [0, 0.1) is 0 Å². The Bertz CT molecular complexity index is 204. The van der Waals surface area contributed by atoms with Crippen molar-refractivity contribution in [1.82, 2.24) is 0 Å². The lowest BCUT2D eigenvalue weighted by Crippen LogP contribution is -2.25. The number of carbonyl (C=O) groups excluding carboxylic acids is 1. The zero-order valence-corrected chi connectivity index (χ0v) is 10.8. The van der Waals surface area contributed by atoms with Crippen molar-refractivity contribution in [2.45, 2.75) is 70.3 Å². The SMILES string of the molecule is O=C1CCCCCCCCCCC1OCCO. The molecular weight excluding hydrogens is 216 g/mol. The fraction of sp³-hybridized carbons (Fsp3) is 0.929. The summed E-state index contributed by atoms with van der Waals surface area (Å²) < 4.78 is 5.45. The smallest absolute Gasteiger partial charge is 0.161 e. The molecule has 0 aliphatic heterocycles. The minimum Gasteiger partial charge on any atom is -0.394 e. The molecule has 17 heavy (non-hydrogen) atoms. The molecule has 0 heterocycles. The first-order valence-corrected chi connectivity index (χ1v) is 7.10. The standard InChI is InChI=1S/C14H26O3/c15-11-12-17-14-10-8-6-4-2-1-3-5-7-9-13(14)16/h14-15H,1-12H2. The summed E-state index contributed by atoms with van der Waals surface area (Å²) >= 11 is 0. The Hall–Kier alpha value is -0.410. The Balaban J connectivity index is 2.36. The van der Waals surface area contributed by atoms with E-state index in [1.165, 1.54) is 38.5 Å². The van der Waals surface area contributed by atoms with Crippen LogP contribution in [0.2, 0.25) is 0 Å². The number of hydrogen-bond acceptors (Lipinski definition) is 3. The molecule has 0 aromatic carbocycles. The van der Waals surface area contributed by atoms with Gasteiger partial charge in [0.2, 0.25) is 0 Å². The molecule has 0 radical (unpaired) electrons.